The first-order valence-corrected chi connectivity index (χ1v) is 5.70. The van der Waals surface area contributed by atoms with Gasteiger partial charge in [-0.25, -0.2) is 4.98 Å². The second-order valence-corrected chi connectivity index (χ2v) is 4.02. The smallest absolute Gasteiger partial charge is 0.308 e. The molecule has 2 N–H and O–H groups in total. The molecule has 1 fully saturated rings. The van der Waals surface area contributed by atoms with Crippen LogP contribution in [0.15, 0.2) is 12.4 Å². The minimum atomic E-state index is -0.277. The molecule has 1 aromatic rings. The van der Waals surface area contributed by atoms with E-state index < -0.39 is 0 Å². The first-order valence-electron chi connectivity index (χ1n) is 5.70. The number of esters is 1. The van der Waals surface area contributed by atoms with Crippen LogP contribution < -0.4 is 10.6 Å². The number of nitrogens with zero attached hydrogens (tertiary/aromatic N) is 3. The van der Waals surface area contributed by atoms with Crippen LogP contribution in [0.4, 0.5) is 11.6 Å². The van der Waals surface area contributed by atoms with Crippen LogP contribution in [0, 0.1) is 0 Å². The summed E-state index contributed by atoms with van der Waals surface area (Å²) in [5.41, 5.74) is 5.60. The summed E-state index contributed by atoms with van der Waals surface area (Å²) in [6, 6.07) is 0. The van der Waals surface area contributed by atoms with Crippen molar-refractivity contribution in [2.75, 3.05) is 37.4 Å². The van der Waals surface area contributed by atoms with E-state index in [2.05, 4.69) is 14.7 Å². The van der Waals surface area contributed by atoms with Crippen LogP contribution in [0.25, 0.3) is 0 Å². The van der Waals surface area contributed by atoms with Gasteiger partial charge in [0.15, 0.2) is 0 Å². The molecule has 2 heterocycles. The van der Waals surface area contributed by atoms with Gasteiger partial charge in [-0.05, 0) is 0 Å². The SMILES string of the molecule is COC(=O)CC1CN(c2cncc(N)n2)CCO1. The Morgan fingerprint density at radius 3 is 3.22 bits per heavy atom. The fraction of sp³-hybridized carbons (Fsp3) is 0.545. The molecule has 1 atom stereocenters. The van der Waals surface area contributed by atoms with Gasteiger partial charge in [-0.15, -0.1) is 0 Å². The van der Waals surface area contributed by atoms with Gasteiger partial charge in [-0.3, -0.25) is 9.78 Å². The monoisotopic (exact) mass is 252 g/mol. The summed E-state index contributed by atoms with van der Waals surface area (Å²) in [6.07, 6.45) is 3.20. The fourth-order valence-electron chi connectivity index (χ4n) is 1.84. The predicted octanol–water partition coefficient (Wildman–Crippen LogP) is -0.173. The maximum Gasteiger partial charge on any atom is 0.308 e. The summed E-state index contributed by atoms with van der Waals surface area (Å²) in [6.45, 7) is 1.82. The third-order valence-electron chi connectivity index (χ3n) is 2.73. The van der Waals surface area contributed by atoms with E-state index in [-0.39, 0.29) is 18.5 Å². The Labute approximate surface area is 105 Å². The van der Waals surface area contributed by atoms with Gasteiger partial charge in [-0.2, -0.15) is 0 Å². The standard InChI is InChI=1S/C11H16N4O3/c1-17-11(16)4-8-7-15(2-3-18-8)10-6-13-5-9(12)14-10/h5-6,8H,2-4,7H2,1H3,(H2,12,14). The molecule has 2 rings (SSSR count). The van der Waals surface area contributed by atoms with Gasteiger partial charge in [0.1, 0.15) is 11.6 Å². The molecule has 0 aromatic carbocycles. The highest BCUT2D eigenvalue weighted by atomic mass is 16.5. The Hall–Kier alpha value is -1.89. The number of methoxy groups -OCH3 is 1. The maximum absolute atomic E-state index is 11.2. The van der Waals surface area contributed by atoms with E-state index in [4.69, 9.17) is 10.5 Å². The quantitative estimate of drug-likeness (QED) is 0.746. The third-order valence-corrected chi connectivity index (χ3v) is 2.73. The lowest BCUT2D eigenvalue weighted by Crippen LogP contribution is -2.44. The Morgan fingerprint density at radius 2 is 2.50 bits per heavy atom. The van der Waals surface area contributed by atoms with Crippen molar-refractivity contribution < 1.29 is 14.3 Å². The number of anilines is 2. The summed E-state index contributed by atoms with van der Waals surface area (Å²) in [4.78, 5) is 21.4. The van der Waals surface area contributed by atoms with Gasteiger partial charge in [0.05, 0.1) is 38.6 Å². The van der Waals surface area contributed by atoms with Crippen molar-refractivity contribution in [2.24, 2.45) is 0 Å². The van der Waals surface area contributed by atoms with Crippen LogP contribution in [0.2, 0.25) is 0 Å². The summed E-state index contributed by atoms with van der Waals surface area (Å²) in [7, 11) is 1.37. The van der Waals surface area contributed by atoms with Gasteiger partial charge < -0.3 is 20.1 Å². The molecule has 98 valence electrons. The number of hydrogen-bond acceptors (Lipinski definition) is 7. The maximum atomic E-state index is 11.2. The third kappa shape index (κ3) is 3.07. The molecule has 0 spiro atoms. The van der Waals surface area contributed by atoms with Crippen LogP contribution in [0.5, 0.6) is 0 Å². The highest BCUT2D eigenvalue weighted by Gasteiger charge is 2.24. The summed E-state index contributed by atoms with van der Waals surface area (Å²) < 4.78 is 10.1. The van der Waals surface area contributed by atoms with Gasteiger partial charge in [0.2, 0.25) is 0 Å². The predicted molar refractivity (Wildman–Crippen MR) is 65.0 cm³/mol. The fourth-order valence-corrected chi connectivity index (χ4v) is 1.84. The summed E-state index contributed by atoms with van der Waals surface area (Å²) >= 11 is 0. The molecule has 7 heteroatoms. The Morgan fingerprint density at radius 1 is 1.67 bits per heavy atom. The Bertz CT molecular complexity index is 427. The Kier molecular flexibility index (Phi) is 3.93. The lowest BCUT2D eigenvalue weighted by molar-refractivity contribution is -0.144. The average molecular weight is 252 g/mol. The van der Waals surface area contributed by atoms with Crippen LogP contribution >= 0.6 is 0 Å². The summed E-state index contributed by atoms with van der Waals surface area (Å²) in [5, 5.41) is 0. The van der Waals surface area contributed by atoms with Gasteiger partial charge in [-0.1, -0.05) is 0 Å². The molecule has 1 aliphatic rings. The van der Waals surface area contributed by atoms with Crippen LogP contribution in [-0.4, -0.2) is 48.8 Å². The number of aromatic nitrogens is 2. The zero-order valence-electron chi connectivity index (χ0n) is 10.2. The molecule has 0 saturated carbocycles. The molecule has 1 saturated heterocycles. The van der Waals surface area contributed by atoms with Gasteiger partial charge in [0, 0.05) is 13.1 Å². The lowest BCUT2D eigenvalue weighted by Gasteiger charge is -2.33. The molecule has 0 amide bonds. The summed E-state index contributed by atoms with van der Waals surface area (Å²) in [5.74, 6) is 0.803. The topological polar surface area (TPSA) is 90.6 Å². The molecular formula is C11H16N4O3. The number of rotatable bonds is 3. The van der Waals surface area contributed by atoms with Crippen molar-refractivity contribution in [3.8, 4) is 0 Å². The normalized spacial score (nSPS) is 19.6. The van der Waals surface area contributed by atoms with Gasteiger partial charge in [0.25, 0.3) is 0 Å². The van der Waals surface area contributed by atoms with E-state index >= 15 is 0 Å². The average Bonchev–Trinajstić information content (AvgIpc) is 2.39. The number of nitrogens with two attached hydrogens (primary N) is 1. The zero-order chi connectivity index (χ0) is 13.0. The second-order valence-electron chi connectivity index (χ2n) is 4.02. The van der Waals surface area contributed by atoms with Crippen LogP contribution in [0.1, 0.15) is 6.42 Å². The molecule has 18 heavy (non-hydrogen) atoms. The number of hydrogen-bond donors (Lipinski definition) is 1. The molecule has 1 aromatic heterocycles. The number of nitrogen functional groups attached to an aromatic ring is 1. The molecule has 0 aliphatic carbocycles. The van der Waals surface area contributed by atoms with Crippen molar-refractivity contribution in [2.45, 2.75) is 12.5 Å². The molecular weight excluding hydrogens is 236 g/mol. The van der Waals surface area contributed by atoms with Crippen molar-refractivity contribution in [3.63, 3.8) is 0 Å². The van der Waals surface area contributed by atoms with E-state index in [1.807, 2.05) is 4.90 Å². The van der Waals surface area contributed by atoms with Crippen molar-refractivity contribution >= 4 is 17.6 Å². The first-order chi connectivity index (χ1) is 8.69. The second kappa shape index (κ2) is 5.63. The van der Waals surface area contributed by atoms with E-state index in [0.717, 1.165) is 0 Å². The molecule has 1 aliphatic heterocycles. The number of morpholine rings is 1. The van der Waals surface area contributed by atoms with Crippen molar-refractivity contribution in [1.29, 1.82) is 0 Å². The highest BCUT2D eigenvalue weighted by Crippen LogP contribution is 2.16. The van der Waals surface area contributed by atoms with Gasteiger partial charge >= 0.3 is 5.97 Å². The van der Waals surface area contributed by atoms with Crippen LogP contribution in [0.3, 0.4) is 0 Å². The number of carbonyl (C=O) groups excluding carboxylic acids is 1. The van der Waals surface area contributed by atoms with E-state index in [1.54, 1.807) is 6.20 Å². The molecule has 1 unspecified atom stereocenters. The number of carbonyl (C=O) groups is 1. The van der Waals surface area contributed by atoms with Crippen LogP contribution in [-0.2, 0) is 14.3 Å². The van der Waals surface area contributed by atoms with Crippen molar-refractivity contribution in [3.05, 3.63) is 12.4 Å². The molecule has 7 nitrogen and oxygen atoms in total. The minimum absolute atomic E-state index is 0.186. The molecule has 0 radical (unpaired) electrons. The van der Waals surface area contributed by atoms with E-state index in [1.165, 1.54) is 13.3 Å². The zero-order valence-corrected chi connectivity index (χ0v) is 10.2. The minimum Gasteiger partial charge on any atom is -0.469 e. The molecule has 0 bridgehead atoms. The van der Waals surface area contributed by atoms with E-state index in [0.29, 0.717) is 31.3 Å². The highest BCUT2D eigenvalue weighted by molar-refractivity contribution is 5.69. The lowest BCUT2D eigenvalue weighted by atomic mass is 10.2. The van der Waals surface area contributed by atoms with E-state index in [9.17, 15) is 4.79 Å². The Balaban J connectivity index is 2.00. The number of ether oxygens (including phenoxy) is 2. The largest absolute Gasteiger partial charge is 0.469 e. The first kappa shape index (κ1) is 12.6. The van der Waals surface area contributed by atoms with Crippen molar-refractivity contribution in [1.82, 2.24) is 9.97 Å².